The van der Waals surface area contributed by atoms with E-state index >= 15 is 0 Å². The Morgan fingerprint density at radius 3 is 2.81 bits per heavy atom. The van der Waals surface area contributed by atoms with Crippen LogP contribution in [0.2, 0.25) is 0 Å². The fourth-order valence-corrected chi connectivity index (χ4v) is 1.40. The van der Waals surface area contributed by atoms with Gasteiger partial charge in [-0.15, -0.1) is 0 Å². The highest BCUT2D eigenvalue weighted by molar-refractivity contribution is 5.70. The topological polar surface area (TPSA) is 92.4 Å². The zero-order valence-corrected chi connectivity index (χ0v) is 9.14. The molecule has 0 aromatic carbocycles. The number of hydrogen-bond acceptors (Lipinski definition) is 4. The first-order chi connectivity index (χ1) is 7.52. The number of carbonyl (C=O) groups is 2. The summed E-state index contributed by atoms with van der Waals surface area (Å²) in [6.45, 7) is 3.94. The van der Waals surface area contributed by atoms with Crippen molar-refractivity contribution in [3.63, 3.8) is 0 Å². The molecule has 0 saturated heterocycles. The van der Waals surface area contributed by atoms with Crippen molar-refractivity contribution in [2.24, 2.45) is 5.92 Å². The maximum absolute atomic E-state index is 10.6. The molecule has 0 aliphatic rings. The molecular formula is C10H14N2O4. The molecule has 0 fully saturated rings. The van der Waals surface area contributed by atoms with Crippen LogP contribution < -0.4 is 5.32 Å². The van der Waals surface area contributed by atoms with Crippen LogP contribution in [0.4, 0.5) is 4.79 Å². The number of nitrogens with one attached hydrogen (secondary N) is 1. The molecule has 1 aromatic heterocycles. The van der Waals surface area contributed by atoms with Crippen molar-refractivity contribution in [1.82, 2.24) is 10.5 Å². The predicted molar refractivity (Wildman–Crippen MR) is 55.2 cm³/mol. The largest absolute Gasteiger partial charge is 0.465 e. The first kappa shape index (κ1) is 12.2. The summed E-state index contributed by atoms with van der Waals surface area (Å²) in [6.07, 6.45) is 0.00203. The van der Waals surface area contributed by atoms with Gasteiger partial charge in [0.15, 0.2) is 12.0 Å². The van der Waals surface area contributed by atoms with E-state index in [9.17, 15) is 9.59 Å². The van der Waals surface area contributed by atoms with Gasteiger partial charge in [-0.2, -0.15) is 0 Å². The molecule has 0 saturated carbocycles. The van der Waals surface area contributed by atoms with E-state index in [-0.39, 0.29) is 5.76 Å². The van der Waals surface area contributed by atoms with Crippen LogP contribution >= 0.6 is 0 Å². The smallest absolute Gasteiger partial charge is 0.405 e. The summed E-state index contributed by atoms with van der Waals surface area (Å²) >= 11 is 0. The van der Waals surface area contributed by atoms with Crippen molar-refractivity contribution >= 4 is 12.4 Å². The Kier molecular flexibility index (Phi) is 4.04. The van der Waals surface area contributed by atoms with Crippen molar-refractivity contribution in [3.05, 3.63) is 17.5 Å². The van der Waals surface area contributed by atoms with Gasteiger partial charge in [0.25, 0.3) is 0 Å². The highest BCUT2D eigenvalue weighted by Gasteiger charge is 2.19. The molecule has 6 heteroatoms. The van der Waals surface area contributed by atoms with E-state index in [1.165, 1.54) is 6.07 Å². The number of aromatic nitrogens is 1. The van der Waals surface area contributed by atoms with Crippen LogP contribution in [0.1, 0.15) is 42.6 Å². The number of carbonyl (C=O) groups excluding carboxylic acids is 1. The van der Waals surface area contributed by atoms with E-state index in [4.69, 9.17) is 9.63 Å². The minimum Gasteiger partial charge on any atom is -0.465 e. The second kappa shape index (κ2) is 5.29. The average molecular weight is 226 g/mol. The van der Waals surface area contributed by atoms with Gasteiger partial charge in [-0.1, -0.05) is 19.0 Å². The van der Waals surface area contributed by atoms with Gasteiger partial charge in [0, 0.05) is 6.07 Å². The summed E-state index contributed by atoms with van der Waals surface area (Å²) < 4.78 is 4.71. The Morgan fingerprint density at radius 2 is 2.38 bits per heavy atom. The van der Waals surface area contributed by atoms with E-state index in [0.717, 1.165) is 0 Å². The third-order valence-electron chi connectivity index (χ3n) is 2.02. The lowest BCUT2D eigenvalue weighted by Gasteiger charge is -2.15. The van der Waals surface area contributed by atoms with Crippen molar-refractivity contribution in [2.45, 2.75) is 26.3 Å². The number of nitrogens with zero attached hydrogens (tertiary/aromatic N) is 1. The molecule has 1 heterocycles. The molecule has 0 bridgehead atoms. The summed E-state index contributed by atoms with van der Waals surface area (Å²) in [4.78, 5) is 21.0. The van der Waals surface area contributed by atoms with Crippen molar-refractivity contribution in [3.8, 4) is 0 Å². The van der Waals surface area contributed by atoms with Crippen molar-refractivity contribution < 1.29 is 19.2 Å². The molecule has 2 N–H and O–H groups in total. The van der Waals surface area contributed by atoms with Gasteiger partial charge < -0.3 is 14.9 Å². The molecule has 0 aliphatic carbocycles. The first-order valence-corrected chi connectivity index (χ1v) is 4.94. The third kappa shape index (κ3) is 3.38. The van der Waals surface area contributed by atoms with E-state index in [0.29, 0.717) is 24.3 Å². The number of rotatable bonds is 5. The van der Waals surface area contributed by atoms with Crippen LogP contribution in [0.5, 0.6) is 0 Å². The molecule has 6 nitrogen and oxygen atoms in total. The second-order valence-corrected chi connectivity index (χ2v) is 3.90. The predicted octanol–water partition coefficient (Wildman–Crippen LogP) is 1.84. The lowest BCUT2D eigenvalue weighted by molar-refractivity contribution is 0.109. The van der Waals surface area contributed by atoms with Gasteiger partial charge in [0.05, 0.1) is 6.04 Å². The molecule has 0 radical (unpaired) electrons. The van der Waals surface area contributed by atoms with Crippen molar-refractivity contribution in [2.75, 3.05) is 0 Å². The lowest BCUT2D eigenvalue weighted by atomic mass is 10.0. The normalized spacial score (nSPS) is 12.4. The quantitative estimate of drug-likeness (QED) is 0.747. The molecule has 0 spiro atoms. The molecule has 1 unspecified atom stereocenters. The molecule has 16 heavy (non-hydrogen) atoms. The Labute approximate surface area is 92.6 Å². The number of hydrogen-bond donors (Lipinski definition) is 2. The summed E-state index contributed by atoms with van der Waals surface area (Å²) in [5.74, 6) is 0.393. The average Bonchev–Trinajstić information content (AvgIpc) is 2.63. The van der Waals surface area contributed by atoms with E-state index < -0.39 is 12.1 Å². The highest BCUT2D eigenvalue weighted by atomic mass is 16.5. The Bertz CT molecular complexity index is 373. The van der Waals surface area contributed by atoms with Crippen LogP contribution in [-0.4, -0.2) is 22.6 Å². The molecular weight excluding hydrogens is 212 g/mol. The maximum atomic E-state index is 10.6. The molecule has 1 aromatic rings. The van der Waals surface area contributed by atoms with Crippen LogP contribution in [0.25, 0.3) is 0 Å². The zero-order valence-electron chi connectivity index (χ0n) is 9.14. The van der Waals surface area contributed by atoms with E-state index in [1.807, 2.05) is 13.8 Å². The van der Waals surface area contributed by atoms with Crippen molar-refractivity contribution in [1.29, 1.82) is 0 Å². The minimum atomic E-state index is -1.12. The lowest BCUT2D eigenvalue weighted by Crippen LogP contribution is -2.28. The second-order valence-electron chi connectivity index (χ2n) is 3.90. The van der Waals surface area contributed by atoms with Gasteiger partial charge in [-0.25, -0.2) is 4.79 Å². The summed E-state index contributed by atoms with van der Waals surface area (Å²) in [5.41, 5.74) is 0.429. The van der Waals surface area contributed by atoms with Gasteiger partial charge in [-0.05, 0) is 12.3 Å². The van der Waals surface area contributed by atoms with Gasteiger partial charge in [0.2, 0.25) is 0 Å². The van der Waals surface area contributed by atoms with E-state index in [1.54, 1.807) is 0 Å². The third-order valence-corrected chi connectivity index (χ3v) is 2.02. The number of amides is 1. The van der Waals surface area contributed by atoms with Crippen LogP contribution in [-0.2, 0) is 0 Å². The summed E-state index contributed by atoms with van der Waals surface area (Å²) in [5, 5.41) is 14.7. The molecule has 88 valence electrons. The summed E-state index contributed by atoms with van der Waals surface area (Å²) in [6, 6.07) is 0.991. The van der Waals surface area contributed by atoms with Crippen LogP contribution in [0.3, 0.4) is 0 Å². The maximum Gasteiger partial charge on any atom is 0.405 e. The Hall–Kier alpha value is -1.85. The standard InChI is InChI=1S/C10H14N2O4/c1-6(2)3-8(11-10(14)15)9-4-7(5-13)16-12-9/h4-6,8,11H,3H2,1-2H3,(H,14,15). The molecule has 1 rings (SSSR count). The van der Waals surface area contributed by atoms with Gasteiger partial charge >= 0.3 is 6.09 Å². The number of carboxylic acid groups (broad SMARTS) is 1. The zero-order chi connectivity index (χ0) is 12.1. The van der Waals surface area contributed by atoms with E-state index in [2.05, 4.69) is 10.5 Å². The van der Waals surface area contributed by atoms with Gasteiger partial charge in [-0.3, -0.25) is 4.79 Å². The van der Waals surface area contributed by atoms with Gasteiger partial charge in [0.1, 0.15) is 5.69 Å². The van der Waals surface area contributed by atoms with Crippen LogP contribution in [0, 0.1) is 5.92 Å². The first-order valence-electron chi connectivity index (χ1n) is 4.94. The Balaban J connectivity index is 2.81. The SMILES string of the molecule is CC(C)CC(NC(=O)O)c1cc(C=O)on1. The molecule has 0 aliphatic heterocycles. The molecule has 1 amide bonds. The monoisotopic (exact) mass is 226 g/mol. The highest BCUT2D eigenvalue weighted by Crippen LogP contribution is 2.20. The fraction of sp³-hybridized carbons (Fsp3) is 0.500. The van der Waals surface area contributed by atoms with Crippen LogP contribution in [0.15, 0.2) is 10.6 Å². The Morgan fingerprint density at radius 1 is 1.69 bits per heavy atom. The number of aldehydes is 1. The fourth-order valence-electron chi connectivity index (χ4n) is 1.40. The summed E-state index contributed by atoms with van der Waals surface area (Å²) in [7, 11) is 0. The minimum absolute atomic E-state index is 0.0935. The molecule has 1 atom stereocenters.